The Kier molecular flexibility index (Phi) is 6.43. The van der Waals surface area contributed by atoms with Crippen LogP contribution in [0.4, 0.5) is 5.69 Å². The van der Waals surface area contributed by atoms with Gasteiger partial charge in [-0.2, -0.15) is 0 Å². The Balaban J connectivity index is 1.34. The summed E-state index contributed by atoms with van der Waals surface area (Å²) in [6.45, 7) is 2.57. The van der Waals surface area contributed by atoms with Crippen LogP contribution in [-0.4, -0.2) is 24.4 Å². The lowest BCUT2D eigenvalue weighted by atomic mass is 10.1. The van der Waals surface area contributed by atoms with Gasteiger partial charge in [-0.05, 0) is 48.9 Å². The summed E-state index contributed by atoms with van der Waals surface area (Å²) < 4.78 is 10.7. The molecule has 0 atom stereocenters. The van der Waals surface area contributed by atoms with Crippen LogP contribution in [-0.2, 0) is 11.3 Å². The Morgan fingerprint density at radius 1 is 0.968 bits per heavy atom. The SMILES string of the molecule is Cc1ccc(NC(=O)CSc2ccccc2C(=O)NCc2ccc3c(c2)OCO3)cc1. The van der Waals surface area contributed by atoms with Gasteiger partial charge in [0, 0.05) is 17.1 Å². The molecule has 7 heteroatoms. The molecule has 3 aromatic rings. The van der Waals surface area contributed by atoms with E-state index in [2.05, 4.69) is 10.6 Å². The van der Waals surface area contributed by atoms with Gasteiger partial charge in [0.2, 0.25) is 12.7 Å². The van der Waals surface area contributed by atoms with Gasteiger partial charge in [0.1, 0.15) is 0 Å². The summed E-state index contributed by atoms with van der Waals surface area (Å²) in [7, 11) is 0. The Morgan fingerprint density at radius 3 is 2.58 bits per heavy atom. The van der Waals surface area contributed by atoms with Crippen LogP contribution in [0.25, 0.3) is 0 Å². The van der Waals surface area contributed by atoms with Gasteiger partial charge in [0.25, 0.3) is 5.91 Å². The van der Waals surface area contributed by atoms with Gasteiger partial charge in [-0.15, -0.1) is 11.8 Å². The number of rotatable bonds is 7. The lowest BCUT2D eigenvalue weighted by Gasteiger charge is -2.11. The Bertz CT molecular complexity index is 1100. The number of amides is 2. The highest BCUT2D eigenvalue weighted by molar-refractivity contribution is 8.00. The maximum Gasteiger partial charge on any atom is 0.252 e. The van der Waals surface area contributed by atoms with Crippen molar-refractivity contribution in [2.45, 2.75) is 18.4 Å². The van der Waals surface area contributed by atoms with Gasteiger partial charge in [-0.25, -0.2) is 0 Å². The molecule has 0 aliphatic carbocycles. The number of hydrogen-bond donors (Lipinski definition) is 2. The fourth-order valence-corrected chi connectivity index (χ4v) is 3.94. The van der Waals surface area contributed by atoms with E-state index in [1.807, 2.05) is 67.6 Å². The predicted molar refractivity (Wildman–Crippen MR) is 121 cm³/mol. The molecular formula is C24H22N2O4S. The number of ether oxygens (including phenoxy) is 2. The Labute approximate surface area is 185 Å². The molecule has 158 valence electrons. The molecule has 6 nitrogen and oxygen atoms in total. The molecule has 0 spiro atoms. The fourth-order valence-electron chi connectivity index (χ4n) is 3.09. The smallest absolute Gasteiger partial charge is 0.252 e. The second-order valence-corrected chi connectivity index (χ2v) is 8.09. The van der Waals surface area contributed by atoms with E-state index in [1.54, 1.807) is 6.07 Å². The highest BCUT2D eigenvalue weighted by atomic mass is 32.2. The zero-order valence-electron chi connectivity index (χ0n) is 17.0. The first-order chi connectivity index (χ1) is 15.1. The van der Waals surface area contributed by atoms with Crippen molar-refractivity contribution in [1.82, 2.24) is 5.32 Å². The molecule has 31 heavy (non-hydrogen) atoms. The molecule has 4 rings (SSSR count). The van der Waals surface area contributed by atoms with E-state index in [0.717, 1.165) is 21.7 Å². The van der Waals surface area contributed by atoms with Gasteiger partial charge < -0.3 is 20.1 Å². The molecule has 0 bridgehead atoms. The van der Waals surface area contributed by atoms with Crippen molar-refractivity contribution in [3.63, 3.8) is 0 Å². The number of nitrogens with one attached hydrogen (secondary N) is 2. The topological polar surface area (TPSA) is 76.7 Å². The van der Waals surface area contributed by atoms with Crippen molar-refractivity contribution in [2.24, 2.45) is 0 Å². The lowest BCUT2D eigenvalue weighted by molar-refractivity contribution is -0.113. The molecule has 0 unspecified atom stereocenters. The zero-order chi connectivity index (χ0) is 21.6. The minimum Gasteiger partial charge on any atom is -0.454 e. The maximum atomic E-state index is 12.8. The van der Waals surface area contributed by atoms with E-state index >= 15 is 0 Å². The number of benzene rings is 3. The molecule has 0 aromatic heterocycles. The first kappa shape index (κ1) is 20.8. The van der Waals surface area contributed by atoms with Gasteiger partial charge in [-0.3, -0.25) is 9.59 Å². The number of carbonyl (C=O) groups is 2. The van der Waals surface area contributed by atoms with E-state index in [1.165, 1.54) is 11.8 Å². The van der Waals surface area contributed by atoms with Crippen LogP contribution in [0.1, 0.15) is 21.5 Å². The van der Waals surface area contributed by atoms with Crippen LogP contribution in [0.15, 0.2) is 71.6 Å². The zero-order valence-corrected chi connectivity index (χ0v) is 17.8. The van der Waals surface area contributed by atoms with Crippen molar-refractivity contribution in [3.8, 4) is 11.5 Å². The van der Waals surface area contributed by atoms with Crippen molar-refractivity contribution < 1.29 is 19.1 Å². The molecule has 2 N–H and O–H groups in total. The molecule has 1 aliphatic rings. The number of anilines is 1. The van der Waals surface area contributed by atoms with E-state index in [4.69, 9.17) is 9.47 Å². The molecule has 3 aromatic carbocycles. The first-order valence-electron chi connectivity index (χ1n) is 9.83. The number of thioether (sulfide) groups is 1. The summed E-state index contributed by atoms with van der Waals surface area (Å²) in [6.07, 6.45) is 0. The third-order valence-electron chi connectivity index (χ3n) is 4.72. The second kappa shape index (κ2) is 9.57. The van der Waals surface area contributed by atoms with Gasteiger partial charge >= 0.3 is 0 Å². The monoisotopic (exact) mass is 434 g/mol. The summed E-state index contributed by atoms with van der Waals surface area (Å²) in [5.41, 5.74) is 3.34. The van der Waals surface area contributed by atoms with Crippen LogP contribution in [0.2, 0.25) is 0 Å². The van der Waals surface area contributed by atoms with Crippen molar-refractivity contribution in [3.05, 3.63) is 83.4 Å². The van der Waals surface area contributed by atoms with Gasteiger partial charge in [0.05, 0.1) is 11.3 Å². The molecule has 0 fully saturated rings. The third-order valence-corrected chi connectivity index (χ3v) is 5.79. The van der Waals surface area contributed by atoms with Crippen LogP contribution in [0.3, 0.4) is 0 Å². The number of carbonyl (C=O) groups excluding carboxylic acids is 2. The molecule has 2 amide bonds. The largest absolute Gasteiger partial charge is 0.454 e. The van der Waals surface area contributed by atoms with Crippen LogP contribution in [0, 0.1) is 6.92 Å². The molecule has 0 saturated carbocycles. The molecule has 0 saturated heterocycles. The van der Waals surface area contributed by atoms with E-state index in [0.29, 0.717) is 23.6 Å². The Hall–Kier alpha value is -3.45. The maximum absolute atomic E-state index is 12.8. The van der Waals surface area contributed by atoms with Crippen LogP contribution < -0.4 is 20.1 Å². The fraction of sp³-hybridized carbons (Fsp3) is 0.167. The first-order valence-corrected chi connectivity index (χ1v) is 10.8. The second-order valence-electron chi connectivity index (χ2n) is 7.07. The standard InChI is InChI=1S/C24H22N2O4S/c1-16-6-9-18(10-7-16)26-23(27)14-31-22-5-3-2-4-19(22)24(28)25-13-17-8-11-20-21(12-17)30-15-29-20/h2-12H,13-15H2,1H3,(H,25,28)(H,26,27). The average molecular weight is 435 g/mol. The van der Waals surface area contributed by atoms with Crippen molar-refractivity contribution >= 4 is 29.3 Å². The van der Waals surface area contributed by atoms with E-state index in [-0.39, 0.29) is 24.4 Å². The highest BCUT2D eigenvalue weighted by Crippen LogP contribution is 2.32. The van der Waals surface area contributed by atoms with Crippen LogP contribution in [0.5, 0.6) is 11.5 Å². The van der Waals surface area contributed by atoms with Gasteiger partial charge in [-0.1, -0.05) is 35.9 Å². The normalized spacial score (nSPS) is 11.8. The summed E-state index contributed by atoms with van der Waals surface area (Å²) in [4.78, 5) is 25.8. The molecule has 0 radical (unpaired) electrons. The van der Waals surface area contributed by atoms with E-state index in [9.17, 15) is 9.59 Å². The third kappa shape index (κ3) is 5.38. The molecule has 1 aliphatic heterocycles. The van der Waals surface area contributed by atoms with Crippen molar-refractivity contribution in [2.75, 3.05) is 17.9 Å². The minimum absolute atomic E-state index is 0.121. The average Bonchev–Trinajstić information content (AvgIpc) is 3.26. The molecular weight excluding hydrogens is 412 g/mol. The summed E-state index contributed by atoms with van der Waals surface area (Å²) in [5, 5.41) is 5.80. The number of hydrogen-bond acceptors (Lipinski definition) is 5. The summed E-state index contributed by atoms with van der Waals surface area (Å²) >= 11 is 1.33. The van der Waals surface area contributed by atoms with Crippen LogP contribution >= 0.6 is 11.8 Å². The number of fused-ring (bicyclic) bond motifs is 1. The summed E-state index contributed by atoms with van der Waals surface area (Å²) in [6, 6.07) is 20.5. The summed E-state index contributed by atoms with van der Waals surface area (Å²) in [5.74, 6) is 1.28. The molecule has 1 heterocycles. The Morgan fingerprint density at radius 2 is 1.74 bits per heavy atom. The minimum atomic E-state index is -0.195. The highest BCUT2D eigenvalue weighted by Gasteiger charge is 2.15. The predicted octanol–water partition coefficient (Wildman–Crippen LogP) is 4.38. The van der Waals surface area contributed by atoms with E-state index < -0.39 is 0 Å². The lowest BCUT2D eigenvalue weighted by Crippen LogP contribution is -2.23. The quantitative estimate of drug-likeness (QED) is 0.540. The van der Waals surface area contributed by atoms with Gasteiger partial charge in [0.15, 0.2) is 11.5 Å². The van der Waals surface area contributed by atoms with Crippen molar-refractivity contribution in [1.29, 1.82) is 0 Å². The number of aryl methyl sites for hydroxylation is 1.